The molecule has 1 aromatic carbocycles. The van der Waals surface area contributed by atoms with Gasteiger partial charge in [0.25, 0.3) is 11.8 Å². The highest BCUT2D eigenvalue weighted by atomic mass is 16.7. The highest BCUT2D eigenvalue weighted by Crippen LogP contribution is 2.49. The van der Waals surface area contributed by atoms with Crippen LogP contribution in [0.25, 0.3) is 10.4 Å². The number of ketones is 3. The first-order valence-electron chi connectivity index (χ1n) is 13.7. The van der Waals surface area contributed by atoms with E-state index in [1.807, 2.05) is 0 Å². The van der Waals surface area contributed by atoms with E-state index in [4.69, 9.17) is 15.0 Å². The van der Waals surface area contributed by atoms with Crippen molar-refractivity contribution >= 4 is 29.2 Å². The van der Waals surface area contributed by atoms with Crippen molar-refractivity contribution in [3.8, 4) is 0 Å². The topological polar surface area (TPSA) is 216 Å². The minimum absolute atomic E-state index is 0.0654. The lowest BCUT2D eigenvalue weighted by molar-refractivity contribution is -0.320. The molecule has 1 saturated heterocycles. The summed E-state index contributed by atoms with van der Waals surface area (Å²) in [5.41, 5.74) is 5.64. The van der Waals surface area contributed by atoms with Crippen LogP contribution in [0, 0.1) is 5.92 Å². The Morgan fingerprint density at radius 1 is 1.09 bits per heavy atom. The number of allylic oxidation sites excluding steroid dienone is 6. The van der Waals surface area contributed by atoms with Crippen molar-refractivity contribution in [2.45, 2.75) is 43.0 Å². The molecule has 5 atom stereocenters. The van der Waals surface area contributed by atoms with Gasteiger partial charge < -0.3 is 24.8 Å². The van der Waals surface area contributed by atoms with E-state index in [0.29, 0.717) is 10.5 Å². The summed E-state index contributed by atoms with van der Waals surface area (Å²) in [7, 11) is 0. The molecule has 4 aliphatic rings. The Hall–Kier alpha value is -4.56. The fraction of sp³-hybridized carbons (Fsp3) is 0.367. The van der Waals surface area contributed by atoms with Crippen LogP contribution in [-0.4, -0.2) is 92.9 Å². The van der Waals surface area contributed by atoms with E-state index >= 15 is 0 Å². The van der Waals surface area contributed by atoms with Crippen molar-refractivity contribution in [3.63, 3.8) is 0 Å². The molecular weight excluding hydrogens is 576 g/mol. The fourth-order valence-electron chi connectivity index (χ4n) is 5.85. The van der Waals surface area contributed by atoms with Crippen molar-refractivity contribution in [1.82, 2.24) is 4.90 Å². The second-order valence-electron chi connectivity index (χ2n) is 10.6. The average Bonchev–Trinajstić information content (AvgIpc) is 3.26. The van der Waals surface area contributed by atoms with Gasteiger partial charge in [-0.2, -0.15) is 0 Å². The zero-order chi connectivity index (χ0) is 31.6. The summed E-state index contributed by atoms with van der Waals surface area (Å²) >= 11 is 0. The molecule has 0 spiro atoms. The van der Waals surface area contributed by atoms with Crippen LogP contribution < -0.4 is 0 Å². The third-order valence-corrected chi connectivity index (χ3v) is 7.85. The lowest BCUT2D eigenvalue weighted by atomic mass is 9.76. The van der Waals surface area contributed by atoms with Gasteiger partial charge in [-0.25, -0.2) is 4.90 Å². The van der Waals surface area contributed by atoms with Crippen molar-refractivity contribution in [3.05, 3.63) is 93.4 Å². The summed E-state index contributed by atoms with van der Waals surface area (Å²) in [5.74, 6) is -6.72. The molecule has 5 rings (SSSR count). The summed E-state index contributed by atoms with van der Waals surface area (Å²) in [4.78, 5) is 67.9. The smallest absolute Gasteiger partial charge is 0.264 e. The SMILES string of the molecule is [N-]=[N+]=NCCO[C@]1(CC2=CC=CC(=O)C2)O[C@H](CO)[C@@H](O)[C@@](O)(N2C(=O)c3ccccc3C2=O)C1=CC1C=CC(=O)CC1=O. The first-order chi connectivity index (χ1) is 21.1. The number of amides is 2. The van der Waals surface area contributed by atoms with Crippen LogP contribution >= 0.6 is 0 Å². The molecule has 0 aromatic heterocycles. The second-order valence-corrected chi connectivity index (χ2v) is 10.6. The normalized spacial score (nSPS) is 30.9. The molecule has 2 aliphatic carbocycles. The maximum atomic E-state index is 13.8. The Labute approximate surface area is 250 Å². The average molecular weight is 605 g/mol. The maximum Gasteiger partial charge on any atom is 0.264 e. The first kappa shape index (κ1) is 30.9. The lowest BCUT2D eigenvalue weighted by Gasteiger charge is -2.54. The molecule has 228 valence electrons. The van der Waals surface area contributed by atoms with Crippen molar-refractivity contribution < 1.29 is 48.8 Å². The molecule has 2 heterocycles. The van der Waals surface area contributed by atoms with Gasteiger partial charge in [-0.1, -0.05) is 47.1 Å². The molecule has 0 bridgehead atoms. The third kappa shape index (κ3) is 5.35. The van der Waals surface area contributed by atoms with Gasteiger partial charge >= 0.3 is 0 Å². The standard InChI is InChI=1S/C30H28N4O10/c31-33-32-10-11-43-29(15-17-4-3-5-19(36)12-17)25(13-18-8-9-20(37)14-23(18)38)30(42,26(39)24(16-35)44-29)34-27(40)21-6-1-2-7-22(21)28(34)41/h1-9,13,18,24,26,35,39,42H,10-12,14-16H2/t18?,24-,26-,29-,30-/m1/s1. The van der Waals surface area contributed by atoms with Gasteiger partial charge in [0.05, 0.1) is 36.7 Å². The van der Waals surface area contributed by atoms with Crippen LogP contribution in [0.2, 0.25) is 0 Å². The number of hydrogen-bond acceptors (Lipinski definition) is 11. The number of carbonyl (C=O) groups is 5. The molecule has 14 heteroatoms. The van der Waals surface area contributed by atoms with E-state index in [0.717, 1.165) is 12.2 Å². The summed E-state index contributed by atoms with van der Waals surface area (Å²) in [6, 6.07) is 5.75. The van der Waals surface area contributed by atoms with Gasteiger partial charge in [0, 0.05) is 29.9 Å². The second kappa shape index (κ2) is 12.2. The molecule has 0 radical (unpaired) electrons. The van der Waals surface area contributed by atoms with E-state index in [-0.39, 0.29) is 42.9 Å². The summed E-state index contributed by atoms with van der Waals surface area (Å²) < 4.78 is 12.3. The van der Waals surface area contributed by atoms with Crippen molar-refractivity contribution in [2.75, 3.05) is 19.8 Å². The number of Topliss-reactive ketones (excluding diaryl/α,β-unsaturated/α-hetero) is 1. The number of hydrogen-bond donors (Lipinski definition) is 3. The minimum atomic E-state index is -2.98. The summed E-state index contributed by atoms with van der Waals surface area (Å²) in [6.07, 6.45) is 3.22. The number of benzene rings is 1. The minimum Gasteiger partial charge on any atom is -0.394 e. The van der Waals surface area contributed by atoms with Gasteiger partial charge in [0.1, 0.15) is 12.2 Å². The van der Waals surface area contributed by atoms with Crippen LogP contribution in [0.1, 0.15) is 40.0 Å². The van der Waals surface area contributed by atoms with Gasteiger partial charge in [0.15, 0.2) is 23.1 Å². The predicted octanol–water partition coefficient (Wildman–Crippen LogP) is 1.23. The number of carbonyl (C=O) groups excluding carboxylic acids is 5. The molecule has 14 nitrogen and oxygen atoms in total. The fourth-order valence-corrected chi connectivity index (χ4v) is 5.85. The van der Waals surface area contributed by atoms with Crippen molar-refractivity contribution in [2.24, 2.45) is 11.0 Å². The number of ether oxygens (including phenoxy) is 2. The highest BCUT2D eigenvalue weighted by molar-refractivity contribution is 6.22. The van der Waals surface area contributed by atoms with Crippen molar-refractivity contribution in [1.29, 1.82) is 0 Å². The number of rotatable bonds is 9. The first-order valence-corrected chi connectivity index (χ1v) is 13.7. The number of nitrogens with zero attached hydrogens (tertiary/aromatic N) is 4. The van der Waals surface area contributed by atoms with Gasteiger partial charge in [-0.05, 0) is 29.8 Å². The summed E-state index contributed by atoms with van der Waals surface area (Å²) in [5, 5.41) is 37.9. The molecule has 1 fully saturated rings. The molecule has 0 saturated carbocycles. The highest BCUT2D eigenvalue weighted by Gasteiger charge is 2.66. The Bertz CT molecular complexity index is 1570. The number of fused-ring (bicyclic) bond motifs is 1. The maximum absolute atomic E-state index is 13.8. The molecule has 1 unspecified atom stereocenters. The van der Waals surface area contributed by atoms with E-state index in [1.165, 1.54) is 42.5 Å². The Balaban J connectivity index is 1.76. The van der Waals surface area contributed by atoms with Crippen LogP contribution in [0.4, 0.5) is 0 Å². The zero-order valence-corrected chi connectivity index (χ0v) is 23.2. The van der Waals surface area contributed by atoms with E-state index < -0.39 is 71.6 Å². The molecule has 2 amide bonds. The molecular formula is C30H28N4O10. The Morgan fingerprint density at radius 2 is 1.77 bits per heavy atom. The lowest BCUT2D eigenvalue weighted by Crippen LogP contribution is -2.72. The van der Waals surface area contributed by atoms with E-state index in [9.17, 15) is 39.3 Å². The van der Waals surface area contributed by atoms with E-state index in [2.05, 4.69) is 10.0 Å². The Kier molecular flexibility index (Phi) is 8.57. The van der Waals surface area contributed by atoms with Crippen LogP contribution in [-0.2, 0) is 23.9 Å². The monoisotopic (exact) mass is 604 g/mol. The zero-order valence-electron chi connectivity index (χ0n) is 23.2. The third-order valence-electron chi connectivity index (χ3n) is 7.85. The molecule has 1 aromatic rings. The quantitative estimate of drug-likeness (QED) is 0.0696. The van der Waals surface area contributed by atoms with Gasteiger partial charge in [-0.3, -0.25) is 24.0 Å². The number of aliphatic hydroxyl groups is 3. The van der Waals surface area contributed by atoms with Gasteiger partial charge in [0.2, 0.25) is 5.72 Å². The van der Waals surface area contributed by atoms with E-state index in [1.54, 1.807) is 6.08 Å². The number of aliphatic hydroxyl groups excluding tert-OH is 2. The van der Waals surface area contributed by atoms with Crippen LogP contribution in [0.5, 0.6) is 0 Å². The predicted molar refractivity (Wildman–Crippen MR) is 149 cm³/mol. The molecule has 2 aliphatic heterocycles. The number of azide groups is 1. The molecule has 3 N–H and O–H groups in total. The largest absolute Gasteiger partial charge is 0.394 e. The Morgan fingerprint density at radius 3 is 2.39 bits per heavy atom. The van der Waals surface area contributed by atoms with Crippen LogP contribution in [0.15, 0.2) is 77.0 Å². The summed E-state index contributed by atoms with van der Waals surface area (Å²) in [6.45, 7) is -1.53. The number of imide groups is 1. The molecule has 44 heavy (non-hydrogen) atoms. The van der Waals surface area contributed by atoms with Gasteiger partial charge in [-0.15, -0.1) is 0 Å². The van der Waals surface area contributed by atoms with Crippen LogP contribution in [0.3, 0.4) is 0 Å².